The monoisotopic (exact) mass is 260 g/mol. The van der Waals surface area contributed by atoms with E-state index in [1.165, 1.54) is 0 Å². The predicted octanol–water partition coefficient (Wildman–Crippen LogP) is 3.50. The quantitative estimate of drug-likeness (QED) is 0.565. The second kappa shape index (κ2) is 6.36. The van der Waals surface area contributed by atoms with Crippen molar-refractivity contribution in [2.75, 3.05) is 6.61 Å². The molecule has 0 unspecified atom stereocenters. The molecule has 0 saturated carbocycles. The molecule has 0 spiro atoms. The van der Waals surface area contributed by atoms with E-state index >= 15 is 0 Å². The average Bonchev–Trinajstić information content (AvgIpc) is 2.82. The first kappa shape index (κ1) is 13.6. The van der Waals surface area contributed by atoms with Gasteiger partial charge in [0.1, 0.15) is 5.75 Å². The van der Waals surface area contributed by atoms with Gasteiger partial charge in [0.25, 0.3) is 0 Å². The van der Waals surface area contributed by atoms with Crippen molar-refractivity contribution in [1.29, 1.82) is 0 Å². The lowest BCUT2D eigenvalue weighted by Gasteiger charge is -2.05. The zero-order valence-corrected chi connectivity index (χ0v) is 11.6. The lowest BCUT2D eigenvalue weighted by molar-refractivity contribution is 0.0983. The minimum Gasteiger partial charge on any atom is -0.492 e. The number of ketones is 1. The zero-order chi connectivity index (χ0) is 13.7. The third-order valence-electron chi connectivity index (χ3n) is 3.03. The van der Waals surface area contributed by atoms with Crippen LogP contribution in [0.1, 0.15) is 49.9 Å². The molecule has 0 N–H and O–H groups in total. The number of hydrogen-bond acceptors (Lipinski definition) is 3. The van der Waals surface area contributed by atoms with E-state index in [9.17, 15) is 4.79 Å². The molecule has 0 radical (unpaired) electrons. The molecule has 4 nitrogen and oxygen atoms in total. The molecule has 19 heavy (non-hydrogen) atoms. The van der Waals surface area contributed by atoms with Crippen molar-refractivity contribution in [3.63, 3.8) is 0 Å². The highest BCUT2D eigenvalue weighted by molar-refractivity contribution is 6.02. The Morgan fingerprint density at radius 3 is 2.89 bits per heavy atom. The van der Waals surface area contributed by atoms with E-state index in [0.29, 0.717) is 18.6 Å². The van der Waals surface area contributed by atoms with Crippen LogP contribution in [0.3, 0.4) is 0 Å². The van der Waals surface area contributed by atoms with Crippen LogP contribution in [0.4, 0.5) is 0 Å². The molecule has 2 rings (SSSR count). The summed E-state index contributed by atoms with van der Waals surface area (Å²) >= 11 is 0. The maximum absolute atomic E-state index is 11.9. The summed E-state index contributed by atoms with van der Waals surface area (Å²) in [5.74, 6) is 0.940. The molecule has 2 heterocycles. The fraction of sp³-hybridized carbons (Fsp3) is 0.467. The topological polar surface area (TPSA) is 43.6 Å². The van der Waals surface area contributed by atoms with Crippen LogP contribution in [0.25, 0.3) is 5.52 Å². The minimum absolute atomic E-state index is 0.150. The van der Waals surface area contributed by atoms with Gasteiger partial charge < -0.3 is 4.74 Å². The average molecular weight is 260 g/mol. The molecule has 0 amide bonds. The Morgan fingerprint density at radius 2 is 2.16 bits per heavy atom. The fourth-order valence-corrected chi connectivity index (χ4v) is 1.96. The molecule has 4 heteroatoms. The molecule has 0 aliphatic carbocycles. The first-order valence-corrected chi connectivity index (χ1v) is 6.89. The molecular formula is C15H20N2O2. The summed E-state index contributed by atoms with van der Waals surface area (Å²) in [6.07, 6.45) is 7.04. The summed E-state index contributed by atoms with van der Waals surface area (Å²) in [5.41, 5.74) is 1.54. The Hall–Kier alpha value is -1.84. The Kier molecular flexibility index (Phi) is 4.55. The zero-order valence-electron chi connectivity index (χ0n) is 11.6. The van der Waals surface area contributed by atoms with Gasteiger partial charge in [0.2, 0.25) is 0 Å². The highest BCUT2D eigenvalue weighted by atomic mass is 16.5. The van der Waals surface area contributed by atoms with Crippen molar-refractivity contribution < 1.29 is 9.53 Å². The van der Waals surface area contributed by atoms with E-state index in [2.05, 4.69) is 12.0 Å². The number of Topliss-reactive ketones (excluding diaryl/α,β-unsaturated/α-hetero) is 1. The summed E-state index contributed by atoms with van der Waals surface area (Å²) < 4.78 is 7.34. The van der Waals surface area contributed by atoms with Crippen LogP contribution >= 0.6 is 0 Å². The Balaban J connectivity index is 2.19. The van der Waals surface area contributed by atoms with Gasteiger partial charge in [-0.05, 0) is 25.0 Å². The molecule has 2 aromatic heterocycles. The fourth-order valence-electron chi connectivity index (χ4n) is 1.96. The number of fused-ring (bicyclic) bond motifs is 1. The van der Waals surface area contributed by atoms with Crippen LogP contribution in [0.5, 0.6) is 5.75 Å². The second-order valence-corrected chi connectivity index (χ2v) is 4.63. The van der Waals surface area contributed by atoms with E-state index in [1.807, 2.05) is 25.3 Å². The lowest BCUT2D eigenvalue weighted by atomic mass is 10.1. The molecule has 0 atom stereocenters. The maximum Gasteiger partial charge on any atom is 0.166 e. The summed E-state index contributed by atoms with van der Waals surface area (Å²) in [4.78, 5) is 11.9. The van der Waals surface area contributed by atoms with Crippen LogP contribution in [0.15, 0.2) is 24.5 Å². The first-order chi connectivity index (χ1) is 9.26. The van der Waals surface area contributed by atoms with Crippen molar-refractivity contribution in [3.05, 3.63) is 30.1 Å². The van der Waals surface area contributed by atoms with Gasteiger partial charge in [-0.3, -0.25) is 4.79 Å². The van der Waals surface area contributed by atoms with Gasteiger partial charge >= 0.3 is 0 Å². The summed E-state index contributed by atoms with van der Waals surface area (Å²) in [6.45, 7) is 4.85. The van der Waals surface area contributed by atoms with Crippen molar-refractivity contribution in [2.45, 2.75) is 39.5 Å². The van der Waals surface area contributed by atoms with Gasteiger partial charge in [-0.2, -0.15) is 5.10 Å². The highest BCUT2D eigenvalue weighted by Crippen LogP contribution is 2.18. The van der Waals surface area contributed by atoms with Crippen molar-refractivity contribution in [2.24, 2.45) is 0 Å². The summed E-state index contributed by atoms with van der Waals surface area (Å²) in [6, 6.07) is 3.80. The van der Waals surface area contributed by atoms with E-state index in [0.717, 1.165) is 30.5 Å². The van der Waals surface area contributed by atoms with Crippen LogP contribution in [0, 0.1) is 0 Å². The van der Waals surface area contributed by atoms with Gasteiger partial charge in [0.05, 0.1) is 30.1 Å². The molecule has 102 valence electrons. The number of rotatable bonds is 7. The molecule has 0 aliphatic heterocycles. The van der Waals surface area contributed by atoms with Gasteiger partial charge in [-0.15, -0.1) is 0 Å². The van der Waals surface area contributed by atoms with E-state index in [4.69, 9.17) is 4.74 Å². The molecule has 0 aromatic carbocycles. The Labute approximate surface area is 113 Å². The SMILES string of the molecule is CCCCOc1ccc2c(C(=O)CCC)cnn2c1. The molecule has 0 aliphatic rings. The van der Waals surface area contributed by atoms with Gasteiger partial charge in [-0.25, -0.2) is 4.52 Å². The largest absolute Gasteiger partial charge is 0.492 e. The molecule has 2 aromatic rings. The summed E-state index contributed by atoms with van der Waals surface area (Å²) in [7, 11) is 0. The third-order valence-corrected chi connectivity index (χ3v) is 3.03. The number of pyridine rings is 1. The standard InChI is InChI=1S/C15H20N2O2/c1-3-5-9-19-12-7-8-14-13(15(18)6-4-2)10-16-17(14)11-12/h7-8,10-11H,3-6,9H2,1-2H3. The number of unbranched alkanes of at least 4 members (excludes halogenated alkanes) is 1. The van der Waals surface area contributed by atoms with Gasteiger partial charge in [0.15, 0.2) is 5.78 Å². The molecule has 0 fully saturated rings. The van der Waals surface area contributed by atoms with E-state index in [-0.39, 0.29) is 5.78 Å². The highest BCUT2D eigenvalue weighted by Gasteiger charge is 2.11. The van der Waals surface area contributed by atoms with Gasteiger partial charge in [-0.1, -0.05) is 20.3 Å². The number of nitrogens with zero attached hydrogens (tertiary/aromatic N) is 2. The van der Waals surface area contributed by atoms with Crippen molar-refractivity contribution in [1.82, 2.24) is 9.61 Å². The normalized spacial score (nSPS) is 10.8. The first-order valence-electron chi connectivity index (χ1n) is 6.89. The van der Waals surface area contributed by atoms with Crippen molar-refractivity contribution >= 4 is 11.3 Å². The number of aromatic nitrogens is 2. The molecular weight excluding hydrogens is 240 g/mol. The Bertz CT molecular complexity index is 560. The minimum atomic E-state index is 0.150. The van der Waals surface area contributed by atoms with Crippen LogP contribution < -0.4 is 4.74 Å². The number of carbonyl (C=O) groups is 1. The molecule has 0 saturated heterocycles. The predicted molar refractivity (Wildman–Crippen MR) is 74.8 cm³/mol. The van der Waals surface area contributed by atoms with Crippen molar-refractivity contribution in [3.8, 4) is 5.75 Å². The smallest absolute Gasteiger partial charge is 0.166 e. The van der Waals surface area contributed by atoms with Gasteiger partial charge in [0, 0.05) is 6.42 Å². The van der Waals surface area contributed by atoms with Crippen LogP contribution in [-0.2, 0) is 0 Å². The number of ether oxygens (including phenoxy) is 1. The second-order valence-electron chi connectivity index (χ2n) is 4.63. The summed E-state index contributed by atoms with van der Waals surface area (Å²) in [5, 5.41) is 4.23. The molecule has 0 bridgehead atoms. The number of carbonyl (C=O) groups excluding carboxylic acids is 1. The third kappa shape index (κ3) is 3.13. The lowest BCUT2D eigenvalue weighted by Crippen LogP contribution is -2.00. The maximum atomic E-state index is 11.9. The number of hydrogen-bond donors (Lipinski definition) is 0. The Morgan fingerprint density at radius 1 is 1.32 bits per heavy atom. The van der Waals surface area contributed by atoms with E-state index in [1.54, 1.807) is 10.7 Å². The van der Waals surface area contributed by atoms with Crippen LogP contribution in [-0.4, -0.2) is 22.0 Å². The van der Waals surface area contributed by atoms with Crippen LogP contribution in [0.2, 0.25) is 0 Å². The van der Waals surface area contributed by atoms with E-state index < -0.39 is 0 Å².